The number of fused-ring (bicyclic) bond motifs is 1. The van der Waals surface area contributed by atoms with Crippen LogP contribution in [0.25, 0.3) is 0 Å². The van der Waals surface area contributed by atoms with Crippen LogP contribution >= 0.6 is 11.3 Å². The maximum atomic E-state index is 11.7. The Morgan fingerprint density at radius 3 is 2.70 bits per heavy atom. The molecular weight excluding hydrogens is 423 g/mol. The molecule has 2 saturated heterocycles. The highest BCUT2D eigenvalue weighted by Gasteiger charge is 2.47. The van der Waals surface area contributed by atoms with E-state index in [1.165, 1.54) is 4.88 Å². The van der Waals surface area contributed by atoms with Gasteiger partial charge < -0.3 is 20.1 Å². The summed E-state index contributed by atoms with van der Waals surface area (Å²) in [5.74, 6) is -2.76. The summed E-state index contributed by atoms with van der Waals surface area (Å²) in [4.78, 5) is 26.2. The summed E-state index contributed by atoms with van der Waals surface area (Å²) in [7, 11) is 3.55. The van der Waals surface area contributed by atoms with Crippen LogP contribution in [-0.2, 0) is 16.1 Å². The molecule has 2 amide bonds. The van der Waals surface area contributed by atoms with Crippen LogP contribution in [0.15, 0.2) is 17.5 Å². The molecule has 0 unspecified atom stereocenters. The molecule has 1 aromatic heterocycles. The number of urea groups is 1. The van der Waals surface area contributed by atoms with Crippen LogP contribution in [0.1, 0.15) is 24.1 Å². The van der Waals surface area contributed by atoms with Gasteiger partial charge in [-0.15, -0.1) is 11.3 Å². The number of hydrogen-bond donors (Lipinski definition) is 2. The number of ether oxygens (including phenoxy) is 1. The number of likely N-dealkylation sites (tertiary alicyclic amines) is 1. The van der Waals surface area contributed by atoms with Crippen molar-refractivity contribution in [1.29, 1.82) is 0 Å². The molecule has 3 rings (SSSR count). The van der Waals surface area contributed by atoms with E-state index in [0.717, 1.165) is 52.0 Å². The van der Waals surface area contributed by atoms with Crippen LogP contribution < -0.4 is 5.32 Å². The van der Waals surface area contributed by atoms with Crippen molar-refractivity contribution in [3.8, 4) is 0 Å². The standard InChI is InChI=1S/C17H27N3O2S.C2HF3O2/c1-19(2)16(21)18-8-6-17-7-10-22-15(17)5-9-20(13-17)12-14-4-3-11-23-14;3-2(4,5)1(6)7/h3-4,11,15H,5-10,12-13H2,1-2H3,(H,18,21);(H,6,7)/t15-,17+;/m1./s1. The number of carboxylic acids is 1. The van der Waals surface area contributed by atoms with E-state index in [1.807, 2.05) is 11.3 Å². The quantitative estimate of drug-likeness (QED) is 0.719. The van der Waals surface area contributed by atoms with Crippen molar-refractivity contribution in [2.75, 3.05) is 40.3 Å². The van der Waals surface area contributed by atoms with Crippen molar-refractivity contribution in [3.05, 3.63) is 22.4 Å². The Balaban J connectivity index is 0.000000396. The third-order valence-electron chi connectivity index (χ3n) is 5.36. The van der Waals surface area contributed by atoms with E-state index in [0.29, 0.717) is 6.10 Å². The summed E-state index contributed by atoms with van der Waals surface area (Å²) in [6.45, 7) is 4.81. The molecule has 2 N–H and O–H groups in total. The molecule has 2 aliphatic rings. The summed E-state index contributed by atoms with van der Waals surface area (Å²) in [6.07, 6.45) is -1.51. The van der Waals surface area contributed by atoms with Crippen molar-refractivity contribution >= 4 is 23.3 Å². The molecule has 0 aliphatic carbocycles. The average Bonchev–Trinajstić information content (AvgIpc) is 3.30. The summed E-state index contributed by atoms with van der Waals surface area (Å²) < 4.78 is 37.7. The van der Waals surface area contributed by atoms with E-state index >= 15 is 0 Å². The molecule has 30 heavy (non-hydrogen) atoms. The first-order valence-electron chi connectivity index (χ1n) is 9.65. The fraction of sp³-hybridized carbons (Fsp3) is 0.684. The zero-order chi connectivity index (χ0) is 22.4. The fourth-order valence-electron chi connectivity index (χ4n) is 3.84. The van der Waals surface area contributed by atoms with Gasteiger partial charge in [-0.2, -0.15) is 13.2 Å². The lowest BCUT2D eigenvalue weighted by molar-refractivity contribution is -0.192. The second-order valence-corrected chi connectivity index (χ2v) is 8.76. The van der Waals surface area contributed by atoms with E-state index in [9.17, 15) is 18.0 Å². The van der Waals surface area contributed by atoms with Gasteiger partial charge in [0.05, 0.1) is 6.10 Å². The minimum absolute atomic E-state index is 0.0110. The molecule has 0 saturated carbocycles. The van der Waals surface area contributed by atoms with Gasteiger partial charge in [-0.05, 0) is 30.7 Å². The van der Waals surface area contributed by atoms with Gasteiger partial charge in [0.1, 0.15) is 0 Å². The first-order valence-corrected chi connectivity index (χ1v) is 10.5. The molecular formula is C19H28F3N3O4S. The largest absolute Gasteiger partial charge is 0.490 e. The number of carbonyl (C=O) groups excluding carboxylic acids is 1. The van der Waals surface area contributed by atoms with E-state index < -0.39 is 12.1 Å². The number of amides is 2. The van der Waals surface area contributed by atoms with Crippen molar-refractivity contribution in [2.45, 2.75) is 38.1 Å². The maximum absolute atomic E-state index is 11.7. The monoisotopic (exact) mass is 451 g/mol. The van der Waals surface area contributed by atoms with Crippen LogP contribution in [0.2, 0.25) is 0 Å². The van der Waals surface area contributed by atoms with Gasteiger partial charge in [-0.25, -0.2) is 9.59 Å². The van der Waals surface area contributed by atoms with Gasteiger partial charge in [0.25, 0.3) is 0 Å². The summed E-state index contributed by atoms with van der Waals surface area (Å²) in [5, 5.41) is 12.3. The van der Waals surface area contributed by atoms with Crippen LogP contribution in [0, 0.1) is 5.41 Å². The molecule has 0 aromatic carbocycles. The van der Waals surface area contributed by atoms with Gasteiger partial charge in [-0.3, -0.25) is 4.90 Å². The highest BCUT2D eigenvalue weighted by Crippen LogP contribution is 2.43. The molecule has 2 atom stereocenters. The molecule has 0 bridgehead atoms. The fourth-order valence-corrected chi connectivity index (χ4v) is 4.58. The molecule has 7 nitrogen and oxygen atoms in total. The molecule has 0 spiro atoms. The lowest BCUT2D eigenvalue weighted by atomic mass is 9.74. The highest BCUT2D eigenvalue weighted by molar-refractivity contribution is 7.09. The molecule has 170 valence electrons. The number of rotatable bonds is 5. The smallest absolute Gasteiger partial charge is 0.475 e. The number of nitrogens with zero attached hydrogens (tertiary/aromatic N) is 2. The molecule has 1 aromatic rings. The van der Waals surface area contributed by atoms with E-state index in [-0.39, 0.29) is 11.4 Å². The summed E-state index contributed by atoms with van der Waals surface area (Å²) >= 11 is 1.83. The SMILES string of the molecule is CN(C)C(=O)NCC[C@@]12CCO[C@@H]1CCN(Cc1cccs1)C2.O=C(O)C(F)(F)F. The number of hydrogen-bond acceptors (Lipinski definition) is 5. The Morgan fingerprint density at radius 2 is 2.13 bits per heavy atom. The second kappa shape index (κ2) is 10.5. The van der Waals surface area contributed by atoms with Crippen LogP contribution in [0.3, 0.4) is 0 Å². The lowest BCUT2D eigenvalue weighted by Crippen LogP contribution is -2.50. The Bertz CT molecular complexity index is 700. The number of carbonyl (C=O) groups is 2. The van der Waals surface area contributed by atoms with Crippen LogP contribution in [0.4, 0.5) is 18.0 Å². The summed E-state index contributed by atoms with van der Waals surface area (Å²) in [5.41, 5.74) is 0.203. The summed E-state index contributed by atoms with van der Waals surface area (Å²) in [6, 6.07) is 4.33. The number of carboxylic acid groups (broad SMARTS) is 1. The number of nitrogens with one attached hydrogen (secondary N) is 1. The van der Waals surface area contributed by atoms with Crippen molar-refractivity contribution in [3.63, 3.8) is 0 Å². The molecule has 0 radical (unpaired) electrons. The number of aliphatic carboxylic acids is 1. The Kier molecular flexibility index (Phi) is 8.51. The number of alkyl halides is 3. The van der Waals surface area contributed by atoms with Gasteiger partial charge in [0, 0.05) is 57.2 Å². The zero-order valence-electron chi connectivity index (χ0n) is 17.1. The van der Waals surface area contributed by atoms with Crippen LogP contribution in [-0.4, -0.2) is 79.5 Å². The van der Waals surface area contributed by atoms with Crippen LogP contribution in [0.5, 0.6) is 0 Å². The Labute approximate surface area is 177 Å². The third kappa shape index (κ3) is 6.85. The van der Waals surface area contributed by atoms with Crippen molar-refractivity contribution in [2.24, 2.45) is 5.41 Å². The highest BCUT2D eigenvalue weighted by atomic mass is 32.1. The van der Waals surface area contributed by atoms with Crippen molar-refractivity contribution in [1.82, 2.24) is 15.1 Å². The maximum Gasteiger partial charge on any atom is 0.490 e. The van der Waals surface area contributed by atoms with Gasteiger partial charge in [0.2, 0.25) is 0 Å². The predicted molar refractivity (Wildman–Crippen MR) is 106 cm³/mol. The minimum Gasteiger partial charge on any atom is -0.475 e. The third-order valence-corrected chi connectivity index (χ3v) is 6.22. The van der Waals surface area contributed by atoms with E-state index in [4.69, 9.17) is 14.6 Å². The average molecular weight is 452 g/mol. The normalized spacial score (nSPS) is 23.8. The first-order chi connectivity index (χ1) is 14.0. The number of thiophene rings is 1. The number of halogens is 3. The predicted octanol–water partition coefficient (Wildman–Crippen LogP) is 3.02. The Hall–Kier alpha value is -1.85. The lowest BCUT2D eigenvalue weighted by Gasteiger charge is -2.44. The second-order valence-electron chi connectivity index (χ2n) is 7.73. The topological polar surface area (TPSA) is 82.1 Å². The molecule has 3 heterocycles. The molecule has 11 heteroatoms. The number of piperidine rings is 1. The Morgan fingerprint density at radius 1 is 1.43 bits per heavy atom. The van der Waals surface area contributed by atoms with Gasteiger partial charge in [-0.1, -0.05) is 6.07 Å². The van der Waals surface area contributed by atoms with Crippen molar-refractivity contribution < 1.29 is 32.6 Å². The molecule has 2 fully saturated rings. The van der Waals surface area contributed by atoms with Gasteiger partial charge >= 0.3 is 18.2 Å². The zero-order valence-corrected chi connectivity index (χ0v) is 17.9. The van der Waals surface area contributed by atoms with E-state index in [1.54, 1.807) is 19.0 Å². The van der Waals surface area contributed by atoms with Gasteiger partial charge in [0.15, 0.2) is 0 Å². The minimum atomic E-state index is -5.08. The van der Waals surface area contributed by atoms with E-state index in [2.05, 4.69) is 27.7 Å². The molecule has 2 aliphatic heterocycles. The first kappa shape index (κ1) is 24.4.